The lowest BCUT2D eigenvalue weighted by Gasteiger charge is -2.31. The molecule has 8 amide bonds. The molecule has 8 rings (SSSR count). The van der Waals surface area contributed by atoms with Gasteiger partial charge in [-0.05, 0) is 72.9 Å². The number of cyclic esters (lactones) is 1. The van der Waals surface area contributed by atoms with Gasteiger partial charge < -0.3 is 45.9 Å². The fourth-order valence-electron chi connectivity index (χ4n) is 10.0. The van der Waals surface area contributed by atoms with Crippen molar-refractivity contribution in [1.82, 2.24) is 46.4 Å². The van der Waals surface area contributed by atoms with E-state index in [0.29, 0.717) is 64.6 Å². The maximum atomic E-state index is 15.4. The predicted octanol–water partition coefficient (Wildman–Crippen LogP) is 2.11. The van der Waals surface area contributed by atoms with E-state index in [1.807, 2.05) is 0 Å². The number of ether oxygens (including phenoxy) is 2. The van der Waals surface area contributed by atoms with Gasteiger partial charge >= 0.3 is 12.1 Å². The highest BCUT2D eigenvalue weighted by Gasteiger charge is 2.48. The first kappa shape index (κ1) is 55.9. The quantitative estimate of drug-likeness (QED) is 0.0191. The number of carbonyl (C=O) groups is 9. The Labute approximate surface area is 442 Å². The molecule has 0 bridgehead atoms. The third-order valence-corrected chi connectivity index (χ3v) is 14.0. The molecular weight excluding hydrogens is 1030 g/mol. The third kappa shape index (κ3) is 12.4. The molecule has 21 nitrogen and oxygen atoms in total. The number of imide groups is 1. The molecule has 4 aliphatic rings. The number of nitrogens with zero attached hydrogens (tertiary/aromatic N) is 3. The van der Waals surface area contributed by atoms with Gasteiger partial charge in [0.15, 0.2) is 0 Å². The number of halogens is 4. The van der Waals surface area contributed by atoms with Crippen LogP contribution in [0, 0.1) is 12.7 Å². The van der Waals surface area contributed by atoms with Gasteiger partial charge in [-0.1, -0.05) is 43.7 Å². The van der Waals surface area contributed by atoms with E-state index in [4.69, 9.17) is 14.5 Å². The van der Waals surface area contributed by atoms with Crippen molar-refractivity contribution < 1.29 is 70.2 Å². The molecule has 2 aromatic heterocycles. The lowest BCUT2D eigenvalue weighted by molar-refractivity contribution is -0.220. The summed E-state index contributed by atoms with van der Waals surface area (Å²) in [6, 6.07) is 8.82. The smallest absolute Gasteiger partial charge is 0.423 e. The fourth-order valence-corrected chi connectivity index (χ4v) is 10.0. The number of aryl methyl sites for hydroxylation is 1. The summed E-state index contributed by atoms with van der Waals surface area (Å²) in [5, 5.41) is 14.5. The monoisotopic (exact) mass is 1090 g/mol. The van der Waals surface area contributed by atoms with Gasteiger partial charge in [-0.15, -0.1) is 0 Å². The first-order valence-electron chi connectivity index (χ1n) is 25.2. The van der Waals surface area contributed by atoms with Gasteiger partial charge in [-0.25, -0.2) is 9.37 Å². The molecule has 0 saturated heterocycles. The normalized spacial score (nSPS) is 16.8. The number of hydrogen-bond donors (Lipinski definition) is 6. The minimum atomic E-state index is -5.31. The zero-order chi connectivity index (χ0) is 56.0. The van der Waals surface area contributed by atoms with Crippen molar-refractivity contribution in [2.75, 3.05) is 32.9 Å². The highest BCUT2D eigenvalue weighted by molar-refractivity contribution is 6.12. The van der Waals surface area contributed by atoms with Crippen molar-refractivity contribution in [3.05, 3.63) is 110 Å². The summed E-state index contributed by atoms with van der Waals surface area (Å²) in [5.74, 6) is -8.11. The molecule has 25 heteroatoms. The van der Waals surface area contributed by atoms with E-state index in [-0.39, 0.29) is 67.7 Å². The van der Waals surface area contributed by atoms with Gasteiger partial charge in [0.25, 0.3) is 23.3 Å². The highest BCUT2D eigenvalue weighted by Crippen LogP contribution is 2.46. The van der Waals surface area contributed by atoms with Crippen molar-refractivity contribution in [2.24, 2.45) is 0 Å². The molecule has 1 unspecified atom stereocenters. The Morgan fingerprint density at radius 2 is 1.53 bits per heavy atom. The highest BCUT2D eigenvalue weighted by atomic mass is 19.4. The van der Waals surface area contributed by atoms with Crippen molar-refractivity contribution in [3.63, 3.8) is 0 Å². The Morgan fingerprint density at radius 1 is 0.833 bits per heavy atom. The van der Waals surface area contributed by atoms with E-state index in [0.717, 1.165) is 4.90 Å². The van der Waals surface area contributed by atoms with Crippen LogP contribution in [0.5, 0.6) is 0 Å². The molecule has 0 radical (unpaired) electrons. The largest absolute Gasteiger partial charge is 0.460 e. The van der Waals surface area contributed by atoms with E-state index in [1.54, 1.807) is 50.2 Å². The molecule has 6 N–H and O–H groups in total. The second-order valence-electron chi connectivity index (χ2n) is 19.1. The number of rotatable bonds is 22. The second kappa shape index (κ2) is 23.9. The zero-order valence-electron chi connectivity index (χ0n) is 42.4. The van der Waals surface area contributed by atoms with Crippen LogP contribution in [0.2, 0.25) is 0 Å². The van der Waals surface area contributed by atoms with E-state index in [9.17, 15) is 61.1 Å². The molecule has 0 fully saturated rings. The SMILES string of the molecule is CC[C@H]1C(=O)OCc2c1cc1n(c2=O)Cc2c-1nc1cc(F)c(C)c3c1c2[C@@H](NC(=O)C(OCNC(=O)CNC(=O)[C@H](Cc1ccccc1)NC(=O)CNC(=O)CNC(=O)CCCCCN1C(=O)C=CC1=O)C(F)(F)F)CC3. The number of alkyl halides is 3. The molecule has 412 valence electrons. The average molecular weight is 1090 g/mol. The van der Waals surface area contributed by atoms with Crippen molar-refractivity contribution in [3.8, 4) is 11.4 Å². The number of unbranched alkanes of at least 4 members (excludes halogenated alkanes) is 2. The van der Waals surface area contributed by atoms with E-state index >= 15 is 4.39 Å². The summed E-state index contributed by atoms with van der Waals surface area (Å²) in [4.78, 5) is 133. The number of carbonyl (C=O) groups excluding carboxylic acids is 9. The summed E-state index contributed by atoms with van der Waals surface area (Å²) >= 11 is 0. The Kier molecular flexibility index (Phi) is 17.1. The molecule has 4 atom stereocenters. The maximum absolute atomic E-state index is 15.4. The lowest BCUT2D eigenvalue weighted by Crippen LogP contribution is -2.52. The number of hydrogen-bond acceptors (Lipinski definition) is 13. The van der Waals surface area contributed by atoms with Crippen molar-refractivity contribution in [1.29, 1.82) is 0 Å². The van der Waals surface area contributed by atoms with Crippen LogP contribution in [0.25, 0.3) is 22.3 Å². The topological polar surface area (TPSA) is 282 Å². The fraction of sp³-hybridized carbons (Fsp3) is 0.415. The van der Waals surface area contributed by atoms with Crippen LogP contribution in [0.3, 0.4) is 0 Å². The number of benzene rings is 2. The average Bonchev–Trinajstić information content (AvgIpc) is 4.07. The van der Waals surface area contributed by atoms with Crippen LogP contribution in [0.15, 0.2) is 59.4 Å². The second-order valence-corrected chi connectivity index (χ2v) is 19.1. The molecule has 0 saturated carbocycles. The Hall–Kier alpha value is -8.35. The minimum Gasteiger partial charge on any atom is -0.460 e. The molecule has 2 aromatic carbocycles. The van der Waals surface area contributed by atoms with Crippen LogP contribution in [0.4, 0.5) is 17.6 Å². The van der Waals surface area contributed by atoms with Gasteiger partial charge in [0.2, 0.25) is 35.6 Å². The van der Waals surface area contributed by atoms with Gasteiger partial charge in [-0.3, -0.25) is 52.8 Å². The van der Waals surface area contributed by atoms with Gasteiger partial charge in [0.1, 0.15) is 25.2 Å². The first-order valence-corrected chi connectivity index (χ1v) is 25.2. The van der Waals surface area contributed by atoms with E-state index in [2.05, 4.69) is 31.9 Å². The van der Waals surface area contributed by atoms with Crippen LogP contribution < -0.4 is 37.5 Å². The number of esters is 1. The van der Waals surface area contributed by atoms with E-state index < -0.39 is 121 Å². The number of amides is 8. The van der Waals surface area contributed by atoms with Crippen LogP contribution in [0.1, 0.15) is 96.4 Å². The molecule has 78 heavy (non-hydrogen) atoms. The van der Waals surface area contributed by atoms with Crippen molar-refractivity contribution in [2.45, 2.75) is 109 Å². The van der Waals surface area contributed by atoms with Gasteiger partial charge in [-0.2, -0.15) is 13.2 Å². The third-order valence-electron chi connectivity index (χ3n) is 14.0. The van der Waals surface area contributed by atoms with Gasteiger partial charge in [0, 0.05) is 48.6 Å². The van der Waals surface area contributed by atoms with Crippen LogP contribution in [-0.4, -0.2) is 119 Å². The summed E-state index contributed by atoms with van der Waals surface area (Å²) in [6.45, 7) is 0.166. The number of fused-ring (bicyclic) bond motifs is 5. The molecule has 3 aliphatic heterocycles. The molecule has 4 aromatic rings. The zero-order valence-corrected chi connectivity index (χ0v) is 42.4. The maximum Gasteiger partial charge on any atom is 0.423 e. The summed E-state index contributed by atoms with van der Waals surface area (Å²) < 4.78 is 71.0. The standard InChI is InChI=1S/C53H55F4N9O12/c1-3-29-31-19-38-47-32(24-66(38)51(75)33(31)25-77-52(29)76)46-35(14-13-30-27(2)34(54)20-36(63-47)45(30)46)64-50(74)48(53(55,56)57)78-26-61-41(69)22-60-49(73)37(18-28-10-6-4-7-11-28)62-42(70)23-59-40(68)21-58-39(67)12-8-5-9-17-65-43(71)15-16-44(65)72/h4,6-7,10-11,15-16,19-20,29,35,37,48H,3,5,8-9,12-14,17-18,21-26H2,1-2H3,(H,58,67)(H,59,68)(H,60,73)(H,61,69)(H,62,70)(H,64,74)/t29-,35+,37+,48?/m1/s1. The Balaban J connectivity index is 0.848. The molecule has 1 aliphatic carbocycles. The lowest BCUT2D eigenvalue weighted by atomic mass is 9.81. The number of nitrogens with one attached hydrogen (secondary N) is 6. The van der Waals surface area contributed by atoms with Crippen LogP contribution >= 0.6 is 0 Å². The van der Waals surface area contributed by atoms with Crippen molar-refractivity contribution >= 4 is 64.1 Å². The minimum absolute atomic E-state index is 0.0239. The summed E-state index contributed by atoms with van der Waals surface area (Å²) in [5.41, 5.74) is 3.16. The number of aromatic nitrogens is 2. The predicted molar refractivity (Wildman–Crippen MR) is 267 cm³/mol. The van der Waals surface area contributed by atoms with Gasteiger partial charge in [0.05, 0.1) is 60.6 Å². The summed E-state index contributed by atoms with van der Waals surface area (Å²) in [7, 11) is 0. The number of pyridine rings is 2. The Morgan fingerprint density at radius 3 is 2.24 bits per heavy atom. The van der Waals surface area contributed by atoms with Crippen LogP contribution in [-0.2, 0) is 78.6 Å². The summed E-state index contributed by atoms with van der Waals surface area (Å²) in [6.07, 6.45) is -4.13. The molecular formula is C53H55F4N9O12. The van der Waals surface area contributed by atoms with E-state index in [1.165, 1.54) is 22.8 Å². The molecule has 0 spiro atoms. The first-order chi connectivity index (χ1) is 37.2. The Bertz CT molecular complexity index is 3180. The molecule has 5 heterocycles.